The van der Waals surface area contributed by atoms with Crippen molar-refractivity contribution in [2.45, 2.75) is 26.7 Å². The van der Waals surface area contributed by atoms with Gasteiger partial charge in [-0.3, -0.25) is 4.68 Å². The van der Waals surface area contributed by atoms with E-state index in [9.17, 15) is 0 Å². The molecule has 2 aromatic heterocycles. The number of rotatable bonds is 2. The molecule has 0 amide bonds. The SMILES string of the molecule is Cc1nnc(-c2ccc3c(cnn3C)c2)cc1C(C)C. The van der Waals surface area contributed by atoms with Crippen LogP contribution in [0.3, 0.4) is 0 Å². The van der Waals surface area contributed by atoms with Crippen molar-refractivity contribution >= 4 is 10.9 Å². The monoisotopic (exact) mass is 266 g/mol. The van der Waals surface area contributed by atoms with Crippen LogP contribution in [0.15, 0.2) is 30.5 Å². The highest BCUT2D eigenvalue weighted by atomic mass is 15.2. The summed E-state index contributed by atoms with van der Waals surface area (Å²) in [6.07, 6.45) is 1.88. The third-order valence-corrected chi connectivity index (χ3v) is 3.68. The number of nitrogens with zero attached hydrogens (tertiary/aromatic N) is 4. The molecule has 0 radical (unpaired) electrons. The quantitative estimate of drug-likeness (QED) is 0.713. The predicted octanol–water partition coefficient (Wildman–Crippen LogP) is 3.46. The first-order valence-electron chi connectivity index (χ1n) is 6.82. The largest absolute Gasteiger partial charge is 0.268 e. The van der Waals surface area contributed by atoms with E-state index in [1.807, 2.05) is 24.9 Å². The molecule has 0 aliphatic rings. The van der Waals surface area contributed by atoms with E-state index in [0.717, 1.165) is 27.9 Å². The molecule has 0 aliphatic carbocycles. The van der Waals surface area contributed by atoms with Crippen molar-refractivity contribution in [3.05, 3.63) is 41.7 Å². The molecule has 20 heavy (non-hydrogen) atoms. The van der Waals surface area contributed by atoms with Crippen LogP contribution in [0.4, 0.5) is 0 Å². The lowest BCUT2D eigenvalue weighted by molar-refractivity contribution is 0.797. The van der Waals surface area contributed by atoms with Gasteiger partial charge in [0, 0.05) is 18.0 Å². The first kappa shape index (κ1) is 12.8. The molecule has 2 heterocycles. The van der Waals surface area contributed by atoms with E-state index in [1.165, 1.54) is 5.56 Å². The van der Waals surface area contributed by atoms with Crippen molar-refractivity contribution in [1.29, 1.82) is 0 Å². The molecule has 0 bridgehead atoms. The molecule has 0 atom stereocenters. The van der Waals surface area contributed by atoms with Crippen molar-refractivity contribution in [2.75, 3.05) is 0 Å². The lowest BCUT2D eigenvalue weighted by atomic mass is 10.00. The Morgan fingerprint density at radius 1 is 1.10 bits per heavy atom. The molecular formula is C16H18N4. The van der Waals surface area contributed by atoms with Crippen molar-refractivity contribution in [3.8, 4) is 11.3 Å². The second-order valence-corrected chi connectivity index (χ2v) is 5.47. The van der Waals surface area contributed by atoms with Gasteiger partial charge in [-0.15, -0.1) is 0 Å². The van der Waals surface area contributed by atoms with Crippen LogP contribution in [-0.4, -0.2) is 20.0 Å². The van der Waals surface area contributed by atoms with Crippen molar-refractivity contribution in [2.24, 2.45) is 7.05 Å². The number of aryl methyl sites for hydroxylation is 2. The maximum atomic E-state index is 4.33. The van der Waals surface area contributed by atoms with Gasteiger partial charge in [0.2, 0.25) is 0 Å². The Hall–Kier alpha value is -2.23. The first-order chi connectivity index (χ1) is 9.56. The number of aromatic nitrogens is 4. The van der Waals surface area contributed by atoms with E-state index < -0.39 is 0 Å². The molecule has 3 rings (SSSR count). The fraction of sp³-hybridized carbons (Fsp3) is 0.312. The predicted molar refractivity (Wildman–Crippen MR) is 80.6 cm³/mol. The highest BCUT2D eigenvalue weighted by Gasteiger charge is 2.10. The molecular weight excluding hydrogens is 248 g/mol. The Bertz CT molecular complexity index is 771. The lowest BCUT2D eigenvalue weighted by Crippen LogP contribution is -1.99. The minimum Gasteiger partial charge on any atom is -0.268 e. The summed E-state index contributed by atoms with van der Waals surface area (Å²) in [4.78, 5) is 0. The molecule has 102 valence electrons. The van der Waals surface area contributed by atoms with Gasteiger partial charge >= 0.3 is 0 Å². The summed E-state index contributed by atoms with van der Waals surface area (Å²) >= 11 is 0. The molecule has 0 fully saturated rings. The van der Waals surface area contributed by atoms with Crippen LogP contribution < -0.4 is 0 Å². The summed E-state index contributed by atoms with van der Waals surface area (Å²) in [5, 5.41) is 14.0. The van der Waals surface area contributed by atoms with Gasteiger partial charge in [0.15, 0.2) is 0 Å². The second kappa shape index (κ2) is 4.71. The summed E-state index contributed by atoms with van der Waals surface area (Å²) in [7, 11) is 1.95. The summed E-state index contributed by atoms with van der Waals surface area (Å²) in [5.74, 6) is 0.450. The zero-order valence-corrected chi connectivity index (χ0v) is 12.3. The summed E-state index contributed by atoms with van der Waals surface area (Å²) < 4.78 is 1.87. The topological polar surface area (TPSA) is 43.6 Å². The van der Waals surface area contributed by atoms with Gasteiger partial charge in [-0.05, 0) is 36.6 Å². The first-order valence-corrected chi connectivity index (χ1v) is 6.82. The lowest BCUT2D eigenvalue weighted by Gasteiger charge is -2.10. The van der Waals surface area contributed by atoms with E-state index in [2.05, 4.69) is 53.4 Å². The zero-order chi connectivity index (χ0) is 14.3. The third kappa shape index (κ3) is 2.07. The molecule has 0 unspecified atom stereocenters. The van der Waals surface area contributed by atoms with Crippen LogP contribution >= 0.6 is 0 Å². The molecule has 0 saturated heterocycles. The van der Waals surface area contributed by atoms with Crippen molar-refractivity contribution < 1.29 is 0 Å². The molecule has 4 nitrogen and oxygen atoms in total. The number of fused-ring (bicyclic) bond motifs is 1. The summed E-state index contributed by atoms with van der Waals surface area (Å²) in [5.41, 5.74) is 5.38. The average molecular weight is 266 g/mol. The standard InChI is InChI=1S/C16H18N4/c1-10(2)14-8-15(19-18-11(14)3)12-5-6-16-13(7-12)9-17-20(16)4/h5-10H,1-4H3. The van der Waals surface area contributed by atoms with Gasteiger partial charge in [0.05, 0.1) is 23.1 Å². The van der Waals surface area contributed by atoms with Gasteiger partial charge < -0.3 is 0 Å². The van der Waals surface area contributed by atoms with Crippen LogP contribution in [0.25, 0.3) is 22.2 Å². The molecule has 1 aromatic carbocycles. The maximum Gasteiger partial charge on any atom is 0.0932 e. The minimum atomic E-state index is 0.450. The van der Waals surface area contributed by atoms with E-state index in [-0.39, 0.29) is 0 Å². The molecule has 0 N–H and O–H groups in total. The number of benzene rings is 1. The minimum absolute atomic E-state index is 0.450. The van der Waals surface area contributed by atoms with Crippen LogP contribution in [0.1, 0.15) is 31.0 Å². The van der Waals surface area contributed by atoms with Crippen LogP contribution in [0, 0.1) is 6.92 Å². The zero-order valence-electron chi connectivity index (χ0n) is 12.3. The van der Waals surface area contributed by atoms with Gasteiger partial charge in [-0.1, -0.05) is 19.9 Å². The van der Waals surface area contributed by atoms with Gasteiger partial charge in [-0.2, -0.15) is 15.3 Å². The average Bonchev–Trinajstić information content (AvgIpc) is 2.80. The molecule has 0 spiro atoms. The molecule has 0 aliphatic heterocycles. The summed E-state index contributed by atoms with van der Waals surface area (Å²) in [6.45, 7) is 6.37. The Balaban J connectivity index is 2.12. The van der Waals surface area contributed by atoms with E-state index in [1.54, 1.807) is 0 Å². The highest BCUT2D eigenvalue weighted by molar-refractivity contribution is 5.83. The van der Waals surface area contributed by atoms with Crippen molar-refractivity contribution in [3.63, 3.8) is 0 Å². The maximum absolute atomic E-state index is 4.33. The Morgan fingerprint density at radius 2 is 1.90 bits per heavy atom. The smallest absolute Gasteiger partial charge is 0.0932 e. The van der Waals surface area contributed by atoms with E-state index in [0.29, 0.717) is 5.92 Å². The van der Waals surface area contributed by atoms with Crippen LogP contribution in [0.5, 0.6) is 0 Å². The Labute approximate surface area is 118 Å². The molecule has 0 saturated carbocycles. The fourth-order valence-electron chi connectivity index (χ4n) is 2.52. The van der Waals surface area contributed by atoms with Crippen LogP contribution in [-0.2, 0) is 7.05 Å². The van der Waals surface area contributed by atoms with Gasteiger partial charge in [0.25, 0.3) is 0 Å². The van der Waals surface area contributed by atoms with Crippen molar-refractivity contribution in [1.82, 2.24) is 20.0 Å². The van der Waals surface area contributed by atoms with E-state index >= 15 is 0 Å². The van der Waals surface area contributed by atoms with Crippen LogP contribution in [0.2, 0.25) is 0 Å². The van der Waals surface area contributed by atoms with Gasteiger partial charge in [0.1, 0.15) is 0 Å². The molecule has 4 heteroatoms. The van der Waals surface area contributed by atoms with Gasteiger partial charge in [-0.25, -0.2) is 0 Å². The summed E-state index contributed by atoms with van der Waals surface area (Å²) in [6, 6.07) is 8.41. The third-order valence-electron chi connectivity index (χ3n) is 3.68. The molecule has 3 aromatic rings. The highest BCUT2D eigenvalue weighted by Crippen LogP contribution is 2.26. The fourth-order valence-corrected chi connectivity index (χ4v) is 2.52. The number of hydrogen-bond acceptors (Lipinski definition) is 3. The Morgan fingerprint density at radius 3 is 2.65 bits per heavy atom. The Kier molecular flexibility index (Phi) is 3.01. The second-order valence-electron chi connectivity index (χ2n) is 5.47. The number of hydrogen-bond donors (Lipinski definition) is 0. The normalized spacial score (nSPS) is 11.4. The van der Waals surface area contributed by atoms with E-state index in [4.69, 9.17) is 0 Å².